The Morgan fingerprint density at radius 1 is 1.27 bits per heavy atom. The Hall–Kier alpha value is -1.37. The third kappa shape index (κ3) is 5.32. The Morgan fingerprint density at radius 3 is 2.46 bits per heavy atom. The Balaban J connectivity index is 1.91. The molecule has 0 saturated carbocycles. The van der Waals surface area contributed by atoms with Gasteiger partial charge in [-0.15, -0.1) is 0 Å². The standard InChI is InChI=1S/C17H18Cl3F2N3O/c1-9(4-3-5-11-13(19)6-10(18)7-14(11)20)23-17(26)12-8-25(2)24-15(12)16(21)22/h6-9,16H,3-5H2,1-2H3,(H,23,26). The van der Waals surface area contributed by atoms with Crippen molar-refractivity contribution in [3.8, 4) is 0 Å². The van der Waals surface area contributed by atoms with Gasteiger partial charge in [-0.3, -0.25) is 9.48 Å². The number of aromatic nitrogens is 2. The topological polar surface area (TPSA) is 46.9 Å². The quantitative estimate of drug-likeness (QED) is 0.641. The lowest BCUT2D eigenvalue weighted by Gasteiger charge is -2.14. The van der Waals surface area contributed by atoms with Gasteiger partial charge in [0.2, 0.25) is 0 Å². The lowest BCUT2D eigenvalue weighted by molar-refractivity contribution is 0.0923. The lowest BCUT2D eigenvalue weighted by Crippen LogP contribution is -2.33. The Morgan fingerprint density at radius 2 is 1.88 bits per heavy atom. The Kier molecular flexibility index (Phi) is 7.26. The van der Waals surface area contributed by atoms with E-state index in [0.717, 1.165) is 5.56 Å². The van der Waals surface area contributed by atoms with Crippen LogP contribution in [0.5, 0.6) is 0 Å². The van der Waals surface area contributed by atoms with E-state index in [1.54, 1.807) is 19.1 Å². The summed E-state index contributed by atoms with van der Waals surface area (Å²) in [4.78, 5) is 12.2. The van der Waals surface area contributed by atoms with Gasteiger partial charge in [-0.2, -0.15) is 5.10 Å². The van der Waals surface area contributed by atoms with Crippen molar-refractivity contribution in [2.45, 2.75) is 38.7 Å². The van der Waals surface area contributed by atoms with E-state index >= 15 is 0 Å². The molecule has 0 aliphatic rings. The molecule has 0 bridgehead atoms. The number of alkyl halides is 2. The van der Waals surface area contributed by atoms with Crippen LogP contribution in [0.15, 0.2) is 18.3 Å². The van der Waals surface area contributed by atoms with Crippen LogP contribution in [0.2, 0.25) is 15.1 Å². The molecule has 0 aliphatic carbocycles. The average Bonchev–Trinajstić information content (AvgIpc) is 2.92. The molecule has 0 saturated heterocycles. The number of hydrogen-bond donors (Lipinski definition) is 1. The SMILES string of the molecule is CC(CCCc1c(Cl)cc(Cl)cc1Cl)NC(=O)c1cn(C)nc1C(F)F. The molecule has 26 heavy (non-hydrogen) atoms. The van der Waals surface area contributed by atoms with E-state index in [9.17, 15) is 13.6 Å². The summed E-state index contributed by atoms with van der Waals surface area (Å²) >= 11 is 18.2. The van der Waals surface area contributed by atoms with E-state index in [4.69, 9.17) is 34.8 Å². The van der Waals surface area contributed by atoms with E-state index in [1.807, 2.05) is 0 Å². The van der Waals surface area contributed by atoms with Crippen molar-refractivity contribution in [2.24, 2.45) is 7.05 Å². The summed E-state index contributed by atoms with van der Waals surface area (Å²) in [7, 11) is 1.49. The Bertz CT molecular complexity index is 773. The summed E-state index contributed by atoms with van der Waals surface area (Å²) in [6, 6.07) is 3.05. The average molecular weight is 425 g/mol. The van der Waals surface area contributed by atoms with Gasteiger partial charge in [0.05, 0.1) is 5.56 Å². The van der Waals surface area contributed by atoms with Crippen molar-refractivity contribution in [3.63, 3.8) is 0 Å². The third-order valence-electron chi connectivity index (χ3n) is 3.86. The molecule has 0 radical (unpaired) electrons. The van der Waals surface area contributed by atoms with Crippen molar-refractivity contribution in [3.05, 3.63) is 50.2 Å². The molecule has 9 heteroatoms. The highest BCUT2D eigenvalue weighted by atomic mass is 35.5. The monoisotopic (exact) mass is 423 g/mol. The van der Waals surface area contributed by atoms with Crippen LogP contribution in [0.4, 0.5) is 8.78 Å². The summed E-state index contributed by atoms with van der Waals surface area (Å²) in [5, 5.41) is 7.81. The van der Waals surface area contributed by atoms with E-state index in [-0.39, 0.29) is 11.6 Å². The lowest BCUT2D eigenvalue weighted by atomic mass is 10.0. The molecule has 0 fully saturated rings. The molecular formula is C17H18Cl3F2N3O. The number of hydrogen-bond acceptors (Lipinski definition) is 2. The number of halogens is 5. The second kappa shape index (κ2) is 9.02. The van der Waals surface area contributed by atoms with E-state index in [0.29, 0.717) is 34.3 Å². The van der Waals surface area contributed by atoms with Crippen LogP contribution >= 0.6 is 34.8 Å². The van der Waals surface area contributed by atoms with E-state index in [1.165, 1.54) is 17.9 Å². The van der Waals surface area contributed by atoms with Gasteiger partial charge in [0.15, 0.2) is 0 Å². The van der Waals surface area contributed by atoms with Crippen molar-refractivity contribution in [2.75, 3.05) is 0 Å². The number of carbonyl (C=O) groups excluding carboxylic acids is 1. The number of amides is 1. The van der Waals surface area contributed by atoms with Crippen LogP contribution in [-0.2, 0) is 13.5 Å². The summed E-state index contributed by atoms with van der Waals surface area (Å²) < 4.78 is 27.1. The highest BCUT2D eigenvalue weighted by Crippen LogP contribution is 2.30. The number of nitrogens with zero attached hydrogens (tertiary/aromatic N) is 2. The zero-order valence-electron chi connectivity index (χ0n) is 14.2. The molecule has 1 unspecified atom stereocenters. The van der Waals surface area contributed by atoms with Crippen LogP contribution < -0.4 is 5.32 Å². The molecule has 1 heterocycles. The second-order valence-corrected chi connectivity index (χ2v) is 7.27. The molecule has 1 N–H and O–H groups in total. The third-order valence-corrected chi connectivity index (χ3v) is 4.75. The van der Waals surface area contributed by atoms with Gasteiger partial charge in [-0.1, -0.05) is 34.8 Å². The Labute approximate surface area is 165 Å². The minimum absolute atomic E-state index is 0.113. The maximum Gasteiger partial charge on any atom is 0.282 e. The molecule has 1 aromatic heterocycles. The maximum atomic E-state index is 12.9. The first-order chi connectivity index (χ1) is 12.2. The molecular weight excluding hydrogens is 407 g/mol. The summed E-state index contributed by atoms with van der Waals surface area (Å²) in [6.45, 7) is 1.81. The van der Waals surface area contributed by atoms with Crippen molar-refractivity contribution in [1.29, 1.82) is 0 Å². The van der Waals surface area contributed by atoms with E-state index < -0.39 is 18.0 Å². The first kappa shape index (κ1) is 20.9. The fraction of sp³-hybridized carbons (Fsp3) is 0.412. The number of aryl methyl sites for hydroxylation is 1. The number of rotatable bonds is 7. The smallest absolute Gasteiger partial charge is 0.282 e. The van der Waals surface area contributed by atoms with Crippen LogP contribution in [-0.4, -0.2) is 21.7 Å². The summed E-state index contributed by atoms with van der Waals surface area (Å²) in [5.41, 5.74) is 0.165. The van der Waals surface area contributed by atoms with Crippen LogP contribution in [0.3, 0.4) is 0 Å². The van der Waals surface area contributed by atoms with Gasteiger partial charge in [0.1, 0.15) is 5.69 Å². The molecule has 1 atom stereocenters. The first-order valence-corrected chi connectivity index (χ1v) is 9.08. The number of nitrogens with one attached hydrogen (secondary N) is 1. The maximum absolute atomic E-state index is 12.9. The predicted molar refractivity (Wildman–Crippen MR) is 99.5 cm³/mol. The minimum atomic E-state index is -2.80. The number of carbonyl (C=O) groups is 1. The minimum Gasteiger partial charge on any atom is -0.349 e. The van der Waals surface area contributed by atoms with Gasteiger partial charge >= 0.3 is 0 Å². The first-order valence-electron chi connectivity index (χ1n) is 7.95. The molecule has 1 amide bonds. The van der Waals surface area contributed by atoms with Crippen LogP contribution in [0, 0.1) is 0 Å². The fourth-order valence-corrected chi connectivity index (χ4v) is 3.62. The van der Waals surface area contributed by atoms with Crippen molar-refractivity contribution >= 4 is 40.7 Å². The highest BCUT2D eigenvalue weighted by Gasteiger charge is 2.23. The van der Waals surface area contributed by atoms with Crippen molar-refractivity contribution < 1.29 is 13.6 Å². The molecule has 0 aliphatic heterocycles. The highest BCUT2D eigenvalue weighted by molar-refractivity contribution is 6.39. The normalized spacial score (nSPS) is 12.5. The van der Waals surface area contributed by atoms with Gasteiger partial charge in [0.25, 0.3) is 12.3 Å². The van der Waals surface area contributed by atoms with Gasteiger partial charge in [-0.05, 0) is 43.9 Å². The van der Waals surface area contributed by atoms with Crippen LogP contribution in [0.1, 0.15) is 47.8 Å². The largest absolute Gasteiger partial charge is 0.349 e. The summed E-state index contributed by atoms with van der Waals surface area (Å²) in [5.74, 6) is -0.566. The molecule has 2 aromatic rings. The summed E-state index contributed by atoms with van der Waals surface area (Å²) in [6.07, 6.45) is 0.435. The van der Waals surface area contributed by atoms with Crippen LogP contribution in [0.25, 0.3) is 0 Å². The molecule has 1 aromatic carbocycles. The molecule has 4 nitrogen and oxygen atoms in total. The molecule has 142 valence electrons. The molecule has 2 rings (SSSR count). The van der Waals surface area contributed by atoms with Gasteiger partial charge in [0, 0.05) is 34.4 Å². The predicted octanol–water partition coefficient (Wildman–Crippen LogP) is 5.46. The number of benzene rings is 1. The zero-order valence-corrected chi connectivity index (χ0v) is 16.5. The van der Waals surface area contributed by atoms with Gasteiger partial charge in [-0.25, -0.2) is 8.78 Å². The zero-order chi connectivity index (χ0) is 19.4. The fourth-order valence-electron chi connectivity index (χ4n) is 2.61. The molecule has 0 spiro atoms. The second-order valence-electron chi connectivity index (χ2n) is 6.02. The van der Waals surface area contributed by atoms with Crippen molar-refractivity contribution in [1.82, 2.24) is 15.1 Å². The van der Waals surface area contributed by atoms with E-state index in [2.05, 4.69) is 10.4 Å². The van der Waals surface area contributed by atoms with Gasteiger partial charge < -0.3 is 5.32 Å².